The molecule has 0 aromatic heterocycles. The van der Waals surface area contributed by atoms with Crippen LogP contribution in [0.5, 0.6) is 0 Å². The number of nitrogens with zero attached hydrogens (tertiary/aromatic N) is 1. The highest BCUT2D eigenvalue weighted by Gasteiger charge is 2.09. The average molecular weight is 226 g/mol. The van der Waals surface area contributed by atoms with Crippen LogP contribution < -0.4 is 10.2 Å². The largest absolute Gasteiger partial charge is 0.395 e. The van der Waals surface area contributed by atoms with E-state index >= 15 is 0 Å². The van der Waals surface area contributed by atoms with Crippen molar-refractivity contribution in [2.24, 2.45) is 0 Å². The number of rotatable bonds is 5. The van der Waals surface area contributed by atoms with Gasteiger partial charge >= 0.3 is 0 Å². The Morgan fingerprint density at radius 3 is 2.81 bits per heavy atom. The zero-order chi connectivity index (χ0) is 12.0. The fourth-order valence-electron chi connectivity index (χ4n) is 1.31. The Morgan fingerprint density at radius 1 is 1.50 bits per heavy atom. The van der Waals surface area contributed by atoms with Gasteiger partial charge in [-0.1, -0.05) is 12.1 Å². The summed E-state index contributed by atoms with van der Waals surface area (Å²) < 4.78 is 13.3. The molecule has 5 heteroatoms. The summed E-state index contributed by atoms with van der Waals surface area (Å²) in [6.45, 7) is 0.167. The summed E-state index contributed by atoms with van der Waals surface area (Å²) in [7, 11) is 1.64. The molecule has 0 heterocycles. The maximum Gasteiger partial charge on any atom is 0.239 e. The van der Waals surface area contributed by atoms with Gasteiger partial charge in [-0.05, 0) is 12.1 Å². The zero-order valence-corrected chi connectivity index (χ0v) is 9.11. The van der Waals surface area contributed by atoms with Crippen molar-refractivity contribution in [3.05, 3.63) is 30.1 Å². The summed E-state index contributed by atoms with van der Waals surface area (Å²) >= 11 is 0. The first-order valence-corrected chi connectivity index (χ1v) is 4.98. The number of nitrogens with one attached hydrogen (secondary N) is 1. The lowest BCUT2D eigenvalue weighted by atomic mass is 10.3. The van der Waals surface area contributed by atoms with Gasteiger partial charge in [0.15, 0.2) is 0 Å². The van der Waals surface area contributed by atoms with Crippen LogP contribution >= 0.6 is 0 Å². The predicted octanol–water partition coefficient (Wildman–Crippen LogP) is 0.370. The molecule has 4 nitrogen and oxygen atoms in total. The van der Waals surface area contributed by atoms with Crippen LogP contribution in [0.15, 0.2) is 24.3 Å². The Bertz CT molecular complexity index is 358. The number of hydrogen-bond donors (Lipinski definition) is 2. The van der Waals surface area contributed by atoms with Gasteiger partial charge in [0.1, 0.15) is 5.82 Å². The van der Waals surface area contributed by atoms with Crippen molar-refractivity contribution in [2.75, 3.05) is 31.6 Å². The lowest BCUT2D eigenvalue weighted by molar-refractivity contribution is -0.119. The number of amides is 1. The Kier molecular flexibility index (Phi) is 4.72. The van der Waals surface area contributed by atoms with Crippen LogP contribution in [-0.2, 0) is 4.79 Å². The van der Waals surface area contributed by atoms with E-state index in [9.17, 15) is 9.18 Å². The van der Waals surface area contributed by atoms with Gasteiger partial charge in [-0.3, -0.25) is 4.79 Å². The number of aliphatic hydroxyl groups is 1. The number of carbonyl (C=O) groups excluding carboxylic acids is 1. The molecule has 0 aliphatic rings. The Balaban J connectivity index is 2.55. The second-order valence-corrected chi connectivity index (χ2v) is 3.38. The smallest absolute Gasteiger partial charge is 0.239 e. The van der Waals surface area contributed by atoms with Gasteiger partial charge in [0.25, 0.3) is 0 Å². The second kappa shape index (κ2) is 6.07. The summed E-state index contributed by atoms with van der Waals surface area (Å²) in [5.74, 6) is -0.611. The van der Waals surface area contributed by atoms with E-state index in [0.717, 1.165) is 0 Å². The van der Waals surface area contributed by atoms with Gasteiger partial charge in [-0.15, -0.1) is 0 Å². The monoisotopic (exact) mass is 226 g/mol. The lowest BCUT2D eigenvalue weighted by Crippen LogP contribution is -2.36. The van der Waals surface area contributed by atoms with Crippen LogP contribution in [0.25, 0.3) is 0 Å². The van der Waals surface area contributed by atoms with E-state index < -0.39 is 0 Å². The number of carbonyl (C=O) groups is 1. The van der Waals surface area contributed by atoms with Crippen molar-refractivity contribution < 1.29 is 14.3 Å². The van der Waals surface area contributed by atoms with Gasteiger partial charge in [0.05, 0.1) is 18.8 Å². The van der Waals surface area contributed by atoms with Gasteiger partial charge in [-0.2, -0.15) is 0 Å². The van der Waals surface area contributed by atoms with Crippen LogP contribution in [-0.4, -0.2) is 37.8 Å². The normalized spacial score (nSPS) is 9.94. The quantitative estimate of drug-likeness (QED) is 0.762. The first kappa shape index (κ1) is 12.4. The molecule has 1 rings (SSSR count). The number of likely N-dealkylation sites (N-methyl/N-ethyl adjacent to an activating group) is 1. The highest BCUT2D eigenvalue weighted by molar-refractivity contribution is 5.81. The highest BCUT2D eigenvalue weighted by atomic mass is 19.1. The standard InChI is InChI=1S/C11H15FN2O2/c1-14(8-11(16)13-6-7-15)10-5-3-2-4-9(10)12/h2-5,15H,6-8H2,1H3,(H,13,16). The van der Waals surface area contributed by atoms with Crippen LogP contribution in [0.1, 0.15) is 0 Å². The number of para-hydroxylation sites is 1. The molecule has 0 atom stereocenters. The topological polar surface area (TPSA) is 52.6 Å². The van der Waals surface area contributed by atoms with E-state index in [-0.39, 0.29) is 31.4 Å². The first-order valence-electron chi connectivity index (χ1n) is 4.98. The number of halogens is 1. The van der Waals surface area contributed by atoms with Crippen LogP contribution in [0, 0.1) is 5.82 Å². The third-order valence-electron chi connectivity index (χ3n) is 2.08. The van der Waals surface area contributed by atoms with Crippen molar-refractivity contribution >= 4 is 11.6 Å². The molecule has 1 aromatic carbocycles. The third kappa shape index (κ3) is 3.51. The van der Waals surface area contributed by atoms with Crippen LogP contribution in [0.4, 0.5) is 10.1 Å². The minimum Gasteiger partial charge on any atom is -0.395 e. The average Bonchev–Trinajstić information content (AvgIpc) is 2.26. The fourth-order valence-corrected chi connectivity index (χ4v) is 1.31. The zero-order valence-electron chi connectivity index (χ0n) is 9.11. The molecule has 0 aliphatic heterocycles. The summed E-state index contributed by atoms with van der Waals surface area (Å²) in [6.07, 6.45) is 0. The van der Waals surface area contributed by atoms with E-state index in [1.165, 1.54) is 11.0 Å². The molecule has 2 N–H and O–H groups in total. The summed E-state index contributed by atoms with van der Waals surface area (Å²) in [6, 6.07) is 6.26. The molecule has 0 unspecified atom stereocenters. The molecule has 0 saturated heterocycles. The second-order valence-electron chi connectivity index (χ2n) is 3.38. The van der Waals surface area contributed by atoms with E-state index in [0.29, 0.717) is 5.69 Å². The minimum atomic E-state index is -0.361. The highest BCUT2D eigenvalue weighted by Crippen LogP contribution is 2.16. The predicted molar refractivity (Wildman–Crippen MR) is 59.8 cm³/mol. The van der Waals surface area contributed by atoms with Crippen LogP contribution in [0.2, 0.25) is 0 Å². The van der Waals surface area contributed by atoms with Gasteiger partial charge in [0, 0.05) is 13.6 Å². The third-order valence-corrected chi connectivity index (χ3v) is 2.08. The maximum absolute atomic E-state index is 13.3. The van der Waals surface area contributed by atoms with E-state index in [2.05, 4.69) is 5.32 Å². The number of benzene rings is 1. The van der Waals surface area contributed by atoms with Crippen molar-refractivity contribution in [1.82, 2.24) is 5.32 Å². The lowest BCUT2D eigenvalue weighted by Gasteiger charge is -2.19. The molecule has 0 radical (unpaired) electrons. The van der Waals surface area contributed by atoms with Gasteiger partial charge in [-0.25, -0.2) is 4.39 Å². The van der Waals surface area contributed by atoms with Crippen molar-refractivity contribution in [1.29, 1.82) is 0 Å². The maximum atomic E-state index is 13.3. The van der Waals surface area contributed by atoms with Gasteiger partial charge in [0.2, 0.25) is 5.91 Å². The molecule has 1 aromatic rings. The fraction of sp³-hybridized carbons (Fsp3) is 0.364. The Morgan fingerprint density at radius 2 is 2.19 bits per heavy atom. The molecular weight excluding hydrogens is 211 g/mol. The number of hydrogen-bond acceptors (Lipinski definition) is 3. The number of anilines is 1. The molecule has 0 fully saturated rings. The van der Waals surface area contributed by atoms with E-state index in [4.69, 9.17) is 5.11 Å². The minimum absolute atomic E-state index is 0.0565. The molecule has 0 spiro atoms. The van der Waals surface area contributed by atoms with Crippen molar-refractivity contribution in [3.8, 4) is 0 Å². The first-order chi connectivity index (χ1) is 7.65. The molecule has 16 heavy (non-hydrogen) atoms. The van der Waals surface area contributed by atoms with Crippen molar-refractivity contribution in [3.63, 3.8) is 0 Å². The molecule has 0 aliphatic carbocycles. The Hall–Kier alpha value is -1.62. The number of aliphatic hydroxyl groups excluding tert-OH is 1. The Labute approximate surface area is 93.7 Å². The van der Waals surface area contributed by atoms with E-state index in [1.807, 2.05) is 0 Å². The molecule has 0 saturated carbocycles. The summed E-state index contributed by atoms with van der Waals surface area (Å²) in [5, 5.41) is 11.0. The SMILES string of the molecule is CN(CC(=O)NCCO)c1ccccc1F. The molecule has 0 bridgehead atoms. The van der Waals surface area contributed by atoms with Crippen molar-refractivity contribution in [2.45, 2.75) is 0 Å². The summed E-state index contributed by atoms with van der Waals surface area (Å²) in [5.41, 5.74) is 0.377. The van der Waals surface area contributed by atoms with Gasteiger partial charge < -0.3 is 15.3 Å². The van der Waals surface area contributed by atoms with E-state index in [1.54, 1.807) is 25.2 Å². The molecule has 1 amide bonds. The van der Waals surface area contributed by atoms with Crippen LogP contribution in [0.3, 0.4) is 0 Å². The summed E-state index contributed by atoms with van der Waals surface area (Å²) in [4.78, 5) is 12.8. The molecule has 88 valence electrons. The molecular formula is C11H15FN2O2.